The summed E-state index contributed by atoms with van der Waals surface area (Å²) < 4.78 is 33.1. The number of aryl methyl sites for hydroxylation is 2. The molecule has 1 rings (SSSR count). The van der Waals surface area contributed by atoms with E-state index in [0.29, 0.717) is 18.8 Å². The minimum absolute atomic E-state index is 0.131. The third-order valence-corrected chi connectivity index (χ3v) is 4.89. The highest BCUT2D eigenvalue weighted by Crippen LogP contribution is 2.28. The van der Waals surface area contributed by atoms with Gasteiger partial charge in [0.05, 0.1) is 13.2 Å². The van der Waals surface area contributed by atoms with E-state index >= 15 is 0 Å². The van der Waals surface area contributed by atoms with Crippen LogP contribution in [0.5, 0.6) is 5.75 Å². The number of ether oxygens (including phenoxy) is 1. The number of rotatable bonds is 8. The van der Waals surface area contributed by atoms with Gasteiger partial charge < -0.3 is 9.84 Å². The van der Waals surface area contributed by atoms with Crippen LogP contribution in [0.3, 0.4) is 0 Å². The van der Waals surface area contributed by atoms with Crippen LogP contribution in [0.4, 0.5) is 0 Å². The van der Waals surface area contributed by atoms with Crippen LogP contribution in [0.15, 0.2) is 17.0 Å². The lowest BCUT2D eigenvalue weighted by Gasteiger charge is -2.18. The predicted octanol–water partition coefficient (Wildman–Crippen LogP) is 2.14. The summed E-state index contributed by atoms with van der Waals surface area (Å²) in [7, 11) is -3.72. The highest BCUT2D eigenvalue weighted by molar-refractivity contribution is 7.89. The Morgan fingerprint density at radius 2 is 1.86 bits per heavy atom. The van der Waals surface area contributed by atoms with Gasteiger partial charge >= 0.3 is 0 Å². The van der Waals surface area contributed by atoms with Gasteiger partial charge in [-0.2, -0.15) is 0 Å². The monoisotopic (exact) mass is 315 g/mol. The molecule has 21 heavy (non-hydrogen) atoms. The summed E-state index contributed by atoms with van der Waals surface area (Å²) >= 11 is 0. The van der Waals surface area contributed by atoms with Gasteiger partial charge in [-0.3, -0.25) is 0 Å². The molecule has 0 heterocycles. The van der Waals surface area contributed by atoms with Crippen molar-refractivity contribution in [2.45, 2.75) is 51.5 Å². The number of aliphatic hydroxyl groups excluding tert-OH is 1. The topological polar surface area (TPSA) is 75.6 Å². The molecular formula is C15H25NO4S. The number of hydrogen-bond donors (Lipinski definition) is 2. The summed E-state index contributed by atoms with van der Waals surface area (Å²) in [5.41, 5.74) is 1.87. The van der Waals surface area contributed by atoms with Crippen molar-refractivity contribution in [1.82, 2.24) is 4.72 Å². The molecule has 120 valence electrons. The summed E-state index contributed by atoms with van der Waals surface area (Å²) in [6.07, 6.45) is 1.32. The van der Waals surface area contributed by atoms with Crippen LogP contribution in [0, 0.1) is 13.8 Å². The van der Waals surface area contributed by atoms with Crippen molar-refractivity contribution >= 4 is 10.0 Å². The lowest BCUT2D eigenvalue weighted by atomic mass is 10.1. The molecule has 0 spiro atoms. The number of hydrogen-bond acceptors (Lipinski definition) is 4. The van der Waals surface area contributed by atoms with Gasteiger partial charge in [0, 0.05) is 6.04 Å². The largest absolute Gasteiger partial charge is 0.492 e. The van der Waals surface area contributed by atoms with Gasteiger partial charge in [0.1, 0.15) is 10.6 Å². The maximum absolute atomic E-state index is 12.5. The SMILES string of the molecule is CCCOc1cc(C)c(C)cc1S(=O)(=O)N[C@H](CC)CO. The summed E-state index contributed by atoms with van der Waals surface area (Å²) in [5.74, 6) is 0.361. The molecule has 0 aromatic heterocycles. The zero-order valence-electron chi connectivity index (χ0n) is 13.1. The smallest absolute Gasteiger partial charge is 0.244 e. The van der Waals surface area contributed by atoms with E-state index in [-0.39, 0.29) is 11.5 Å². The second-order valence-electron chi connectivity index (χ2n) is 5.14. The van der Waals surface area contributed by atoms with Crippen LogP contribution in [0.2, 0.25) is 0 Å². The van der Waals surface area contributed by atoms with Crippen LogP contribution < -0.4 is 9.46 Å². The van der Waals surface area contributed by atoms with Crippen molar-refractivity contribution in [1.29, 1.82) is 0 Å². The Kier molecular flexibility index (Phi) is 6.64. The molecule has 0 saturated heterocycles. The normalized spacial score (nSPS) is 13.2. The summed E-state index contributed by atoms with van der Waals surface area (Å²) in [5, 5.41) is 9.19. The zero-order chi connectivity index (χ0) is 16.0. The molecule has 0 aliphatic rings. The van der Waals surface area contributed by atoms with E-state index in [2.05, 4.69) is 4.72 Å². The summed E-state index contributed by atoms with van der Waals surface area (Å²) in [4.78, 5) is 0.131. The average Bonchev–Trinajstić information content (AvgIpc) is 2.45. The van der Waals surface area contributed by atoms with E-state index in [9.17, 15) is 13.5 Å². The van der Waals surface area contributed by atoms with Gasteiger partial charge in [0.2, 0.25) is 10.0 Å². The number of sulfonamides is 1. The zero-order valence-corrected chi connectivity index (χ0v) is 14.0. The van der Waals surface area contributed by atoms with Crippen molar-refractivity contribution in [3.63, 3.8) is 0 Å². The molecule has 0 aliphatic heterocycles. The summed E-state index contributed by atoms with van der Waals surface area (Å²) in [6.45, 7) is 7.79. The van der Waals surface area contributed by atoms with E-state index in [0.717, 1.165) is 17.5 Å². The molecule has 0 unspecified atom stereocenters. The van der Waals surface area contributed by atoms with Crippen molar-refractivity contribution < 1.29 is 18.3 Å². The Balaban J connectivity index is 3.22. The third kappa shape index (κ3) is 4.69. The average molecular weight is 315 g/mol. The van der Waals surface area contributed by atoms with Crippen molar-refractivity contribution in [3.8, 4) is 5.75 Å². The van der Waals surface area contributed by atoms with E-state index in [4.69, 9.17) is 4.74 Å². The van der Waals surface area contributed by atoms with Crippen molar-refractivity contribution in [2.24, 2.45) is 0 Å². The number of benzene rings is 1. The Labute approximate surface area is 127 Å². The van der Waals surface area contributed by atoms with Gasteiger partial charge in [-0.25, -0.2) is 13.1 Å². The van der Waals surface area contributed by atoms with E-state index in [1.807, 2.05) is 27.7 Å². The fourth-order valence-electron chi connectivity index (χ4n) is 1.83. The van der Waals surface area contributed by atoms with Crippen LogP contribution in [0.1, 0.15) is 37.8 Å². The maximum Gasteiger partial charge on any atom is 0.244 e. The van der Waals surface area contributed by atoms with Gasteiger partial charge in [-0.15, -0.1) is 0 Å². The highest BCUT2D eigenvalue weighted by atomic mass is 32.2. The van der Waals surface area contributed by atoms with E-state index < -0.39 is 16.1 Å². The fraction of sp³-hybridized carbons (Fsp3) is 0.600. The van der Waals surface area contributed by atoms with Crippen LogP contribution in [-0.4, -0.2) is 32.8 Å². The molecule has 0 fully saturated rings. The first-order valence-electron chi connectivity index (χ1n) is 7.22. The molecular weight excluding hydrogens is 290 g/mol. The Morgan fingerprint density at radius 1 is 1.24 bits per heavy atom. The molecule has 0 saturated carbocycles. The third-order valence-electron chi connectivity index (χ3n) is 3.35. The second kappa shape index (κ2) is 7.77. The van der Waals surface area contributed by atoms with Crippen molar-refractivity contribution in [2.75, 3.05) is 13.2 Å². The van der Waals surface area contributed by atoms with Gasteiger partial charge in [0.15, 0.2) is 0 Å². The lowest BCUT2D eigenvalue weighted by Crippen LogP contribution is -2.37. The van der Waals surface area contributed by atoms with Gasteiger partial charge in [-0.1, -0.05) is 13.8 Å². The molecule has 1 atom stereocenters. The molecule has 0 aliphatic carbocycles. The van der Waals surface area contributed by atoms with Gasteiger partial charge in [0.25, 0.3) is 0 Å². The number of nitrogens with one attached hydrogen (secondary N) is 1. The second-order valence-corrected chi connectivity index (χ2v) is 6.82. The fourth-order valence-corrected chi connectivity index (χ4v) is 3.35. The number of aliphatic hydroxyl groups is 1. The first kappa shape index (κ1) is 17.9. The summed E-state index contributed by atoms with van der Waals surface area (Å²) in [6, 6.07) is 2.88. The van der Waals surface area contributed by atoms with E-state index in [1.165, 1.54) is 0 Å². The standard InChI is InChI=1S/C15H25NO4S/c1-5-7-20-14-8-11(3)12(4)9-15(14)21(18,19)16-13(6-2)10-17/h8-9,13,16-17H,5-7,10H2,1-4H3/t13-/m1/s1. The maximum atomic E-state index is 12.5. The Bertz CT molecular complexity index is 565. The molecule has 2 N–H and O–H groups in total. The molecule has 1 aromatic carbocycles. The first-order valence-corrected chi connectivity index (χ1v) is 8.71. The van der Waals surface area contributed by atoms with Crippen LogP contribution in [0.25, 0.3) is 0 Å². The van der Waals surface area contributed by atoms with Crippen LogP contribution in [-0.2, 0) is 10.0 Å². The molecule has 5 nitrogen and oxygen atoms in total. The Morgan fingerprint density at radius 3 is 2.38 bits per heavy atom. The highest BCUT2D eigenvalue weighted by Gasteiger charge is 2.23. The minimum Gasteiger partial charge on any atom is -0.492 e. The first-order chi connectivity index (χ1) is 9.85. The molecule has 1 aromatic rings. The quantitative estimate of drug-likeness (QED) is 0.770. The van der Waals surface area contributed by atoms with E-state index in [1.54, 1.807) is 12.1 Å². The molecule has 0 amide bonds. The molecule has 0 radical (unpaired) electrons. The molecule has 0 bridgehead atoms. The molecule has 6 heteroatoms. The minimum atomic E-state index is -3.72. The lowest BCUT2D eigenvalue weighted by molar-refractivity contribution is 0.253. The predicted molar refractivity (Wildman–Crippen MR) is 83.2 cm³/mol. The van der Waals surface area contributed by atoms with Crippen LogP contribution >= 0.6 is 0 Å². The van der Waals surface area contributed by atoms with Crippen molar-refractivity contribution in [3.05, 3.63) is 23.3 Å². The Hall–Kier alpha value is -1.11. The van der Waals surface area contributed by atoms with Gasteiger partial charge in [-0.05, 0) is 49.9 Å².